The Morgan fingerprint density at radius 2 is 1.96 bits per heavy atom. The van der Waals surface area contributed by atoms with Crippen LogP contribution in [-0.2, 0) is 16.1 Å². The van der Waals surface area contributed by atoms with E-state index in [0.29, 0.717) is 28.5 Å². The highest BCUT2D eigenvalue weighted by molar-refractivity contribution is 5.96. The number of amides is 1. The minimum Gasteiger partial charge on any atom is -0.484 e. The van der Waals surface area contributed by atoms with Crippen molar-refractivity contribution in [2.24, 2.45) is 0 Å². The Hall–Kier alpha value is -3.22. The zero-order chi connectivity index (χ0) is 16.5. The molecule has 0 bridgehead atoms. The molecule has 0 aliphatic carbocycles. The Balaban J connectivity index is 1.36. The van der Waals surface area contributed by atoms with Gasteiger partial charge in [-0.1, -0.05) is 0 Å². The molecule has 0 saturated carbocycles. The Kier molecular flexibility index (Phi) is 3.45. The lowest BCUT2D eigenvalue weighted by Crippen LogP contribution is -2.20. The number of rotatable bonds is 4. The molecule has 2 aliphatic rings. The number of nitrogens with one attached hydrogen (secondary N) is 1. The summed E-state index contributed by atoms with van der Waals surface area (Å²) in [6.45, 7) is 0.265. The zero-order valence-electron chi connectivity index (χ0n) is 12.5. The first kappa shape index (κ1) is 14.4. The molecule has 0 radical (unpaired) electrons. The molecule has 7 nitrogen and oxygen atoms in total. The predicted molar refractivity (Wildman–Crippen MR) is 82.3 cm³/mol. The lowest BCUT2D eigenvalue weighted by molar-refractivity contribution is -0.118. The normalized spacial score (nSPS) is 14.1. The number of carbonyl (C=O) groups excluding carboxylic acids is 2. The number of fused-ring (bicyclic) bond motifs is 2. The number of cyclic esters (lactones) is 1. The minimum atomic E-state index is -0.339. The predicted octanol–water partition coefficient (Wildman–Crippen LogP) is 2.10. The van der Waals surface area contributed by atoms with E-state index in [-0.39, 0.29) is 31.9 Å². The fourth-order valence-electron chi connectivity index (χ4n) is 2.52. The average Bonchev–Trinajstić information content (AvgIpc) is 3.19. The third kappa shape index (κ3) is 2.71. The summed E-state index contributed by atoms with van der Waals surface area (Å²) in [7, 11) is 0. The second kappa shape index (κ2) is 5.77. The van der Waals surface area contributed by atoms with Gasteiger partial charge in [0.25, 0.3) is 5.91 Å². The van der Waals surface area contributed by atoms with E-state index in [9.17, 15) is 9.59 Å². The van der Waals surface area contributed by atoms with Crippen LogP contribution in [0, 0.1) is 0 Å². The van der Waals surface area contributed by atoms with E-state index in [0.717, 1.165) is 5.56 Å². The van der Waals surface area contributed by atoms with E-state index >= 15 is 0 Å². The molecule has 7 heteroatoms. The maximum atomic E-state index is 12.0. The van der Waals surface area contributed by atoms with Crippen LogP contribution in [0.25, 0.3) is 0 Å². The fraction of sp³-hybridized carbons (Fsp3) is 0.176. The molecule has 0 atom stereocenters. The Morgan fingerprint density at radius 3 is 2.88 bits per heavy atom. The van der Waals surface area contributed by atoms with Crippen LogP contribution in [0.15, 0.2) is 36.4 Å². The molecule has 2 aromatic rings. The Bertz CT molecular complexity index is 832. The summed E-state index contributed by atoms with van der Waals surface area (Å²) >= 11 is 0. The molecule has 122 valence electrons. The third-order valence-corrected chi connectivity index (χ3v) is 3.68. The highest BCUT2D eigenvalue weighted by atomic mass is 16.7. The van der Waals surface area contributed by atoms with Crippen LogP contribution in [-0.4, -0.2) is 25.3 Å². The molecule has 0 aromatic heterocycles. The highest BCUT2D eigenvalue weighted by Gasteiger charge is 2.21. The van der Waals surface area contributed by atoms with Crippen LogP contribution in [0.2, 0.25) is 0 Å². The summed E-state index contributed by atoms with van der Waals surface area (Å²) in [6.07, 6.45) is 0. The van der Waals surface area contributed by atoms with Crippen molar-refractivity contribution in [2.75, 3.05) is 18.7 Å². The minimum absolute atomic E-state index is 0.147. The van der Waals surface area contributed by atoms with E-state index in [2.05, 4.69) is 5.32 Å². The topological polar surface area (TPSA) is 83.1 Å². The van der Waals surface area contributed by atoms with Crippen LogP contribution >= 0.6 is 0 Å². The summed E-state index contributed by atoms with van der Waals surface area (Å²) in [5.41, 5.74) is 1.88. The monoisotopic (exact) mass is 327 g/mol. The second-order valence-electron chi connectivity index (χ2n) is 5.30. The van der Waals surface area contributed by atoms with E-state index in [1.807, 2.05) is 0 Å². The van der Waals surface area contributed by atoms with Crippen molar-refractivity contribution in [3.63, 3.8) is 0 Å². The molecule has 2 heterocycles. The molecule has 1 amide bonds. The number of ether oxygens (including phenoxy) is 4. The largest absolute Gasteiger partial charge is 0.484 e. The maximum absolute atomic E-state index is 12.0. The molecule has 0 unspecified atom stereocenters. The Morgan fingerprint density at radius 1 is 1.08 bits per heavy atom. The first-order valence-electron chi connectivity index (χ1n) is 7.31. The summed E-state index contributed by atoms with van der Waals surface area (Å²) < 4.78 is 20.8. The number of benzene rings is 2. The number of anilines is 1. The number of carbonyl (C=O) groups is 2. The standard InChI is InChI=1S/C17H13NO6/c19-16(8-21-12-2-4-14-15(6-12)24-9-23-14)18-11-1-3-13-10(5-11)7-22-17(13)20/h1-6H,7-9H2,(H,18,19). The molecule has 1 N–H and O–H groups in total. The number of hydrogen-bond donors (Lipinski definition) is 1. The lowest BCUT2D eigenvalue weighted by Gasteiger charge is -2.08. The van der Waals surface area contributed by atoms with Crippen LogP contribution in [0.5, 0.6) is 17.2 Å². The average molecular weight is 327 g/mol. The van der Waals surface area contributed by atoms with Crippen LogP contribution in [0.3, 0.4) is 0 Å². The van der Waals surface area contributed by atoms with E-state index in [4.69, 9.17) is 18.9 Å². The Labute approximate surface area is 137 Å². The van der Waals surface area contributed by atoms with E-state index < -0.39 is 0 Å². The van der Waals surface area contributed by atoms with Crippen molar-refractivity contribution in [1.29, 1.82) is 0 Å². The van der Waals surface area contributed by atoms with E-state index in [1.54, 1.807) is 36.4 Å². The summed E-state index contributed by atoms with van der Waals surface area (Å²) in [5, 5.41) is 2.72. The van der Waals surface area contributed by atoms with Crippen LogP contribution < -0.4 is 19.5 Å². The third-order valence-electron chi connectivity index (χ3n) is 3.68. The van der Waals surface area contributed by atoms with Gasteiger partial charge >= 0.3 is 5.97 Å². The molecule has 0 fully saturated rings. The molecule has 0 spiro atoms. The first-order valence-corrected chi connectivity index (χ1v) is 7.31. The second-order valence-corrected chi connectivity index (χ2v) is 5.30. The molecule has 2 aromatic carbocycles. The quantitative estimate of drug-likeness (QED) is 0.866. The van der Waals surface area contributed by atoms with Crippen LogP contribution in [0.4, 0.5) is 5.69 Å². The molecule has 2 aliphatic heterocycles. The van der Waals surface area contributed by atoms with Crippen molar-refractivity contribution < 1.29 is 28.5 Å². The van der Waals surface area contributed by atoms with Gasteiger partial charge in [0.05, 0.1) is 5.56 Å². The summed E-state index contributed by atoms with van der Waals surface area (Å²) in [4.78, 5) is 23.4. The van der Waals surface area contributed by atoms with Gasteiger partial charge in [0.15, 0.2) is 18.1 Å². The van der Waals surface area contributed by atoms with E-state index in [1.165, 1.54) is 0 Å². The van der Waals surface area contributed by atoms with Crippen molar-refractivity contribution in [3.8, 4) is 17.2 Å². The summed E-state index contributed by atoms with van der Waals surface area (Å²) in [6, 6.07) is 10.1. The fourth-order valence-corrected chi connectivity index (χ4v) is 2.52. The summed E-state index contributed by atoms with van der Waals surface area (Å²) in [5.74, 6) is 1.12. The molecular weight excluding hydrogens is 314 g/mol. The van der Waals surface area contributed by atoms with Gasteiger partial charge in [-0.25, -0.2) is 4.79 Å². The van der Waals surface area contributed by atoms with Gasteiger partial charge in [-0.05, 0) is 30.3 Å². The number of esters is 1. The van der Waals surface area contributed by atoms with Gasteiger partial charge in [0.2, 0.25) is 6.79 Å². The van der Waals surface area contributed by atoms with Gasteiger partial charge in [-0.15, -0.1) is 0 Å². The van der Waals surface area contributed by atoms with Crippen molar-refractivity contribution in [2.45, 2.75) is 6.61 Å². The molecule has 24 heavy (non-hydrogen) atoms. The van der Waals surface area contributed by atoms with Gasteiger partial charge in [0.1, 0.15) is 12.4 Å². The molecule has 0 saturated heterocycles. The lowest BCUT2D eigenvalue weighted by atomic mass is 10.1. The molecule has 4 rings (SSSR count). The van der Waals surface area contributed by atoms with Crippen molar-refractivity contribution in [1.82, 2.24) is 0 Å². The van der Waals surface area contributed by atoms with Gasteiger partial charge in [-0.2, -0.15) is 0 Å². The highest BCUT2D eigenvalue weighted by Crippen LogP contribution is 2.35. The smallest absolute Gasteiger partial charge is 0.338 e. The van der Waals surface area contributed by atoms with Crippen molar-refractivity contribution >= 4 is 17.6 Å². The molecular formula is C17H13NO6. The number of hydrogen-bond acceptors (Lipinski definition) is 6. The van der Waals surface area contributed by atoms with Crippen molar-refractivity contribution in [3.05, 3.63) is 47.5 Å². The first-order chi connectivity index (χ1) is 11.7. The van der Waals surface area contributed by atoms with Gasteiger partial charge in [0, 0.05) is 17.3 Å². The van der Waals surface area contributed by atoms with Gasteiger partial charge in [-0.3, -0.25) is 4.79 Å². The zero-order valence-corrected chi connectivity index (χ0v) is 12.5. The van der Waals surface area contributed by atoms with Crippen LogP contribution in [0.1, 0.15) is 15.9 Å². The SMILES string of the molecule is O=C(COc1ccc2c(c1)OCO2)Nc1ccc2c(c1)COC2=O. The maximum Gasteiger partial charge on any atom is 0.338 e. The van der Waals surface area contributed by atoms with Gasteiger partial charge < -0.3 is 24.3 Å².